The van der Waals surface area contributed by atoms with Crippen LogP contribution in [0.25, 0.3) is 0 Å². The number of aliphatic hydroxyl groups excluding tert-OH is 3. The lowest BCUT2D eigenvalue weighted by atomic mass is 9.85. The van der Waals surface area contributed by atoms with Crippen molar-refractivity contribution in [1.29, 1.82) is 0 Å². The predicted molar refractivity (Wildman–Crippen MR) is 82.2 cm³/mol. The van der Waals surface area contributed by atoms with E-state index in [2.05, 4.69) is 0 Å². The minimum absolute atomic E-state index is 0.122. The van der Waals surface area contributed by atoms with Gasteiger partial charge in [0.15, 0.2) is 0 Å². The summed E-state index contributed by atoms with van der Waals surface area (Å²) in [4.78, 5) is 2.00. The number of piperidine rings is 1. The highest BCUT2D eigenvalue weighted by Gasteiger charge is 2.48. The van der Waals surface area contributed by atoms with Crippen molar-refractivity contribution in [2.75, 3.05) is 19.7 Å². The van der Waals surface area contributed by atoms with Crippen LogP contribution in [-0.2, 0) is 11.3 Å². The topological polar surface area (TPSA) is 73.2 Å². The Bertz CT molecular complexity index is 469. The van der Waals surface area contributed by atoms with Gasteiger partial charge in [-0.3, -0.25) is 4.90 Å². The molecule has 0 aromatic heterocycles. The van der Waals surface area contributed by atoms with Crippen molar-refractivity contribution in [3.63, 3.8) is 0 Å². The molecule has 2 fully saturated rings. The fourth-order valence-electron chi connectivity index (χ4n) is 3.67. The number of rotatable bonds is 5. The molecule has 5 heteroatoms. The fourth-order valence-corrected chi connectivity index (χ4v) is 3.67. The van der Waals surface area contributed by atoms with Crippen molar-refractivity contribution in [3.05, 3.63) is 35.9 Å². The van der Waals surface area contributed by atoms with E-state index in [-0.39, 0.29) is 12.0 Å². The summed E-state index contributed by atoms with van der Waals surface area (Å²) in [6.45, 7) is 2.46. The molecule has 1 aromatic rings. The quantitative estimate of drug-likeness (QED) is 0.686. The fraction of sp³-hybridized carbons (Fsp3) is 0.647. The zero-order valence-electron chi connectivity index (χ0n) is 12.7. The zero-order valence-corrected chi connectivity index (χ0v) is 12.7. The largest absolute Gasteiger partial charge is 0.391 e. The van der Waals surface area contributed by atoms with Gasteiger partial charge < -0.3 is 20.1 Å². The van der Waals surface area contributed by atoms with Gasteiger partial charge in [0.05, 0.1) is 31.0 Å². The summed E-state index contributed by atoms with van der Waals surface area (Å²) in [6, 6.07) is 9.70. The first-order valence-electron chi connectivity index (χ1n) is 8.06. The number of aliphatic hydroxyl groups is 3. The maximum atomic E-state index is 10.5. The first-order valence-corrected chi connectivity index (χ1v) is 8.06. The van der Waals surface area contributed by atoms with Crippen LogP contribution in [0.15, 0.2) is 30.3 Å². The van der Waals surface area contributed by atoms with E-state index in [0.29, 0.717) is 19.8 Å². The average Bonchev–Trinajstić information content (AvgIpc) is 2.82. The van der Waals surface area contributed by atoms with Crippen molar-refractivity contribution >= 4 is 0 Å². The van der Waals surface area contributed by atoms with Crippen LogP contribution in [0.1, 0.15) is 18.4 Å². The summed E-state index contributed by atoms with van der Waals surface area (Å²) in [5.41, 5.74) is 1.15. The van der Waals surface area contributed by atoms with E-state index in [1.165, 1.54) is 0 Å². The van der Waals surface area contributed by atoms with Gasteiger partial charge in [-0.2, -0.15) is 0 Å². The van der Waals surface area contributed by atoms with Gasteiger partial charge >= 0.3 is 0 Å². The molecule has 2 saturated heterocycles. The van der Waals surface area contributed by atoms with E-state index >= 15 is 0 Å². The van der Waals surface area contributed by atoms with E-state index in [1.807, 2.05) is 35.2 Å². The second-order valence-electron chi connectivity index (χ2n) is 6.41. The molecule has 0 saturated carbocycles. The Morgan fingerprint density at radius 1 is 1.09 bits per heavy atom. The number of hydrogen-bond acceptors (Lipinski definition) is 5. The summed E-state index contributed by atoms with van der Waals surface area (Å²) in [5, 5.41) is 30.2. The minimum atomic E-state index is -0.844. The number of benzene rings is 1. The lowest BCUT2D eigenvalue weighted by molar-refractivity contribution is -0.0635. The van der Waals surface area contributed by atoms with Crippen molar-refractivity contribution in [2.45, 2.75) is 43.8 Å². The Morgan fingerprint density at radius 2 is 1.86 bits per heavy atom. The second kappa shape index (κ2) is 7.06. The Morgan fingerprint density at radius 3 is 2.64 bits per heavy atom. The van der Waals surface area contributed by atoms with E-state index < -0.39 is 18.3 Å². The van der Waals surface area contributed by atoms with Crippen LogP contribution in [0.5, 0.6) is 0 Å². The third-order valence-corrected chi connectivity index (χ3v) is 4.95. The van der Waals surface area contributed by atoms with Gasteiger partial charge in [-0.25, -0.2) is 0 Å². The van der Waals surface area contributed by atoms with E-state index in [0.717, 1.165) is 24.9 Å². The monoisotopic (exact) mass is 307 g/mol. The maximum absolute atomic E-state index is 10.5. The lowest BCUT2D eigenvalue weighted by Crippen LogP contribution is -2.53. The van der Waals surface area contributed by atoms with Crippen LogP contribution in [0, 0.1) is 5.92 Å². The molecule has 0 bridgehead atoms. The van der Waals surface area contributed by atoms with Crippen molar-refractivity contribution in [3.8, 4) is 0 Å². The van der Waals surface area contributed by atoms with Gasteiger partial charge in [0.1, 0.15) is 0 Å². The van der Waals surface area contributed by atoms with Gasteiger partial charge in [-0.05, 0) is 30.9 Å². The molecule has 0 unspecified atom stereocenters. The molecule has 5 atom stereocenters. The van der Waals surface area contributed by atoms with Crippen LogP contribution >= 0.6 is 0 Å². The van der Waals surface area contributed by atoms with Crippen molar-refractivity contribution in [2.24, 2.45) is 5.92 Å². The molecule has 0 amide bonds. The molecule has 3 rings (SSSR count). The van der Waals surface area contributed by atoms with Crippen LogP contribution in [0.4, 0.5) is 0 Å². The summed E-state index contributed by atoms with van der Waals surface area (Å²) in [6.07, 6.45) is -0.524. The molecule has 0 spiro atoms. The molecule has 2 aliphatic rings. The molecule has 2 aliphatic heterocycles. The number of ether oxygens (including phenoxy) is 1. The molecule has 2 heterocycles. The third-order valence-electron chi connectivity index (χ3n) is 4.95. The molecular weight excluding hydrogens is 282 g/mol. The standard InChI is InChI=1S/C17H25NO4/c19-14-10-18-8-6-13(16(20)15(18)17(14)21)7-9-22-11-12-4-2-1-3-5-12/h1-5,13-17,19-21H,6-11H2/t13-,14+,15+,16+,17+/m0/s1. The normalized spacial score (nSPS) is 35.5. The average molecular weight is 307 g/mol. The summed E-state index contributed by atoms with van der Waals surface area (Å²) in [7, 11) is 0. The Kier molecular flexibility index (Phi) is 5.10. The number of nitrogens with zero attached hydrogens (tertiary/aromatic N) is 1. The van der Waals surface area contributed by atoms with Gasteiger partial charge in [-0.15, -0.1) is 0 Å². The molecular formula is C17H25NO4. The highest BCUT2D eigenvalue weighted by molar-refractivity contribution is 5.13. The lowest BCUT2D eigenvalue weighted by Gasteiger charge is -2.40. The second-order valence-corrected chi connectivity index (χ2v) is 6.41. The Hall–Kier alpha value is -0.980. The molecule has 22 heavy (non-hydrogen) atoms. The smallest absolute Gasteiger partial charge is 0.0991 e. The SMILES string of the molecule is O[C@@H]1[C@H](CCOCc2ccccc2)CCN2C[C@@H](O)[C@@H](O)[C@@H]12. The number of hydrogen-bond donors (Lipinski definition) is 3. The van der Waals surface area contributed by atoms with Crippen LogP contribution in [0.3, 0.4) is 0 Å². The van der Waals surface area contributed by atoms with Gasteiger partial charge in [0.2, 0.25) is 0 Å². The first-order chi connectivity index (χ1) is 10.7. The van der Waals surface area contributed by atoms with Crippen molar-refractivity contribution in [1.82, 2.24) is 4.90 Å². The highest BCUT2D eigenvalue weighted by atomic mass is 16.5. The molecule has 3 N–H and O–H groups in total. The molecule has 122 valence electrons. The van der Waals surface area contributed by atoms with Gasteiger partial charge in [0.25, 0.3) is 0 Å². The predicted octanol–water partition coefficient (Wildman–Crippen LogP) is 0.380. The zero-order chi connectivity index (χ0) is 15.5. The van der Waals surface area contributed by atoms with Gasteiger partial charge in [0, 0.05) is 13.2 Å². The molecule has 0 aliphatic carbocycles. The third kappa shape index (κ3) is 3.34. The van der Waals surface area contributed by atoms with E-state index in [4.69, 9.17) is 4.74 Å². The van der Waals surface area contributed by atoms with Gasteiger partial charge in [-0.1, -0.05) is 30.3 Å². The maximum Gasteiger partial charge on any atom is 0.0991 e. The summed E-state index contributed by atoms with van der Waals surface area (Å²) < 4.78 is 5.69. The van der Waals surface area contributed by atoms with Crippen LogP contribution in [-0.4, -0.2) is 64.3 Å². The molecule has 5 nitrogen and oxygen atoms in total. The van der Waals surface area contributed by atoms with Crippen molar-refractivity contribution < 1.29 is 20.1 Å². The van der Waals surface area contributed by atoms with E-state index in [9.17, 15) is 15.3 Å². The van der Waals surface area contributed by atoms with E-state index in [1.54, 1.807) is 0 Å². The first kappa shape index (κ1) is 15.9. The Labute approximate surface area is 131 Å². The minimum Gasteiger partial charge on any atom is -0.391 e. The molecule has 0 radical (unpaired) electrons. The van der Waals surface area contributed by atoms with Crippen LogP contribution in [0.2, 0.25) is 0 Å². The Balaban J connectivity index is 1.45. The van der Waals surface area contributed by atoms with Crippen LogP contribution < -0.4 is 0 Å². The number of fused-ring (bicyclic) bond motifs is 1. The summed E-state index contributed by atoms with van der Waals surface area (Å²) in [5.74, 6) is 0.122. The highest BCUT2D eigenvalue weighted by Crippen LogP contribution is 2.33. The molecule has 1 aromatic carbocycles. The summed E-state index contributed by atoms with van der Waals surface area (Å²) >= 11 is 0.